The van der Waals surface area contributed by atoms with Gasteiger partial charge >= 0.3 is 0 Å². The molecule has 0 saturated carbocycles. The molecule has 2 heterocycles. The van der Waals surface area contributed by atoms with Crippen molar-refractivity contribution in [3.05, 3.63) is 75.7 Å². The summed E-state index contributed by atoms with van der Waals surface area (Å²) in [7, 11) is 0. The Hall–Kier alpha value is -2.99. The summed E-state index contributed by atoms with van der Waals surface area (Å²) in [6, 6.07) is 15.4. The van der Waals surface area contributed by atoms with Crippen LogP contribution in [0.15, 0.2) is 53.3 Å². The first-order valence-corrected chi connectivity index (χ1v) is 10.2. The molecule has 0 aliphatic carbocycles. The number of rotatable bonds is 6. The van der Waals surface area contributed by atoms with Crippen molar-refractivity contribution in [2.75, 3.05) is 13.1 Å². The highest BCUT2D eigenvalue weighted by Crippen LogP contribution is 2.17. The van der Waals surface area contributed by atoms with E-state index in [9.17, 15) is 9.59 Å². The molecular weight excluding hydrogens is 364 g/mol. The summed E-state index contributed by atoms with van der Waals surface area (Å²) < 4.78 is 1.35. The average Bonchev–Trinajstić information content (AvgIpc) is 3.26. The SMILES string of the molecule is CCn1nc(C(=O)NCc2ccccc2CN2CCCC2)c2ccccc2c1=O. The number of aromatic nitrogens is 2. The van der Waals surface area contributed by atoms with E-state index < -0.39 is 0 Å². The highest BCUT2D eigenvalue weighted by molar-refractivity contribution is 6.04. The Balaban J connectivity index is 1.57. The first-order chi connectivity index (χ1) is 14.2. The third kappa shape index (κ3) is 4.07. The summed E-state index contributed by atoms with van der Waals surface area (Å²) in [6.07, 6.45) is 2.51. The second-order valence-corrected chi connectivity index (χ2v) is 7.45. The van der Waals surface area contributed by atoms with Gasteiger partial charge in [-0.1, -0.05) is 42.5 Å². The smallest absolute Gasteiger partial charge is 0.274 e. The molecular formula is C23H26N4O2. The average molecular weight is 390 g/mol. The molecule has 1 fully saturated rings. The summed E-state index contributed by atoms with van der Waals surface area (Å²) in [5, 5.41) is 8.43. The molecule has 6 heteroatoms. The summed E-state index contributed by atoms with van der Waals surface area (Å²) in [5.74, 6) is -0.264. The van der Waals surface area contributed by atoms with Crippen LogP contribution in [0.2, 0.25) is 0 Å². The predicted octanol–water partition coefficient (Wildman–Crippen LogP) is 2.94. The van der Waals surface area contributed by atoms with Gasteiger partial charge in [0.15, 0.2) is 5.69 Å². The van der Waals surface area contributed by atoms with Crippen molar-refractivity contribution in [2.45, 2.75) is 39.4 Å². The minimum Gasteiger partial charge on any atom is -0.347 e. The second kappa shape index (κ2) is 8.57. The molecule has 1 aliphatic rings. The number of hydrogen-bond donors (Lipinski definition) is 1. The number of aryl methyl sites for hydroxylation is 1. The van der Waals surface area contributed by atoms with Gasteiger partial charge in [0.1, 0.15) is 0 Å². The molecule has 29 heavy (non-hydrogen) atoms. The van der Waals surface area contributed by atoms with Gasteiger partial charge in [-0.15, -0.1) is 0 Å². The lowest BCUT2D eigenvalue weighted by Crippen LogP contribution is -2.30. The highest BCUT2D eigenvalue weighted by atomic mass is 16.2. The molecule has 0 radical (unpaired) electrons. The lowest BCUT2D eigenvalue weighted by Gasteiger charge is -2.18. The number of amides is 1. The summed E-state index contributed by atoms with van der Waals surface area (Å²) in [6.45, 7) is 5.88. The number of fused-ring (bicyclic) bond motifs is 1. The predicted molar refractivity (Wildman–Crippen MR) is 114 cm³/mol. The van der Waals surface area contributed by atoms with Crippen molar-refractivity contribution in [1.82, 2.24) is 20.0 Å². The summed E-state index contributed by atoms with van der Waals surface area (Å²) >= 11 is 0. The molecule has 1 saturated heterocycles. The zero-order chi connectivity index (χ0) is 20.2. The van der Waals surface area contributed by atoms with Crippen LogP contribution in [-0.4, -0.2) is 33.7 Å². The van der Waals surface area contributed by atoms with Crippen molar-refractivity contribution in [3.8, 4) is 0 Å². The van der Waals surface area contributed by atoms with Gasteiger partial charge in [-0.25, -0.2) is 4.68 Å². The lowest BCUT2D eigenvalue weighted by molar-refractivity contribution is 0.0945. The molecule has 3 aromatic rings. The van der Waals surface area contributed by atoms with Gasteiger partial charge in [-0.3, -0.25) is 14.5 Å². The van der Waals surface area contributed by atoms with Crippen LogP contribution in [0.3, 0.4) is 0 Å². The molecule has 6 nitrogen and oxygen atoms in total. The zero-order valence-corrected chi connectivity index (χ0v) is 16.7. The normalized spacial score (nSPS) is 14.4. The van der Waals surface area contributed by atoms with Gasteiger partial charge < -0.3 is 5.32 Å². The fraction of sp³-hybridized carbons (Fsp3) is 0.348. The van der Waals surface area contributed by atoms with Gasteiger partial charge in [0.05, 0.1) is 5.39 Å². The summed E-state index contributed by atoms with van der Waals surface area (Å²) in [5.41, 5.74) is 2.47. The third-order valence-electron chi connectivity index (χ3n) is 5.53. The van der Waals surface area contributed by atoms with E-state index in [-0.39, 0.29) is 11.5 Å². The van der Waals surface area contributed by atoms with Crippen LogP contribution in [-0.2, 0) is 19.6 Å². The maximum Gasteiger partial charge on any atom is 0.274 e. The van der Waals surface area contributed by atoms with Crippen molar-refractivity contribution in [2.24, 2.45) is 0 Å². The molecule has 0 spiro atoms. The Kier molecular flexibility index (Phi) is 5.71. The Labute approximate surface area is 170 Å². The minimum absolute atomic E-state index is 0.171. The molecule has 0 atom stereocenters. The minimum atomic E-state index is -0.264. The van der Waals surface area contributed by atoms with Crippen molar-refractivity contribution in [1.29, 1.82) is 0 Å². The molecule has 0 unspecified atom stereocenters. The van der Waals surface area contributed by atoms with Gasteiger partial charge in [-0.2, -0.15) is 5.10 Å². The van der Waals surface area contributed by atoms with Crippen molar-refractivity contribution in [3.63, 3.8) is 0 Å². The first-order valence-electron chi connectivity index (χ1n) is 10.2. The van der Waals surface area contributed by atoms with Gasteiger partial charge in [-0.05, 0) is 50.0 Å². The highest BCUT2D eigenvalue weighted by Gasteiger charge is 2.17. The van der Waals surface area contributed by atoms with Crippen LogP contribution in [0.5, 0.6) is 0 Å². The molecule has 1 N–H and O–H groups in total. The number of benzene rings is 2. The first kappa shape index (κ1) is 19.3. The van der Waals surface area contributed by atoms with E-state index in [0.29, 0.717) is 29.6 Å². The van der Waals surface area contributed by atoms with E-state index >= 15 is 0 Å². The van der Waals surface area contributed by atoms with E-state index in [1.54, 1.807) is 18.2 Å². The van der Waals surface area contributed by atoms with Crippen LogP contribution in [0, 0.1) is 0 Å². The van der Waals surface area contributed by atoms with E-state index in [0.717, 1.165) is 25.2 Å². The number of carbonyl (C=O) groups excluding carboxylic acids is 1. The number of nitrogens with zero attached hydrogens (tertiary/aromatic N) is 3. The van der Waals surface area contributed by atoms with E-state index in [4.69, 9.17) is 0 Å². The second-order valence-electron chi connectivity index (χ2n) is 7.45. The maximum absolute atomic E-state index is 13.0. The Morgan fingerprint density at radius 3 is 2.38 bits per heavy atom. The van der Waals surface area contributed by atoms with Gasteiger partial charge in [0.25, 0.3) is 11.5 Å². The molecule has 0 bridgehead atoms. The molecule has 1 amide bonds. The fourth-order valence-corrected chi connectivity index (χ4v) is 3.94. The third-order valence-corrected chi connectivity index (χ3v) is 5.53. The molecule has 1 aliphatic heterocycles. The van der Waals surface area contributed by atoms with E-state index in [2.05, 4.69) is 27.4 Å². The van der Waals surface area contributed by atoms with Crippen LogP contribution < -0.4 is 10.9 Å². The maximum atomic E-state index is 13.0. The summed E-state index contributed by atoms with van der Waals surface area (Å²) in [4.78, 5) is 27.9. The molecule has 2 aromatic carbocycles. The molecule has 4 rings (SSSR count). The van der Waals surface area contributed by atoms with Crippen molar-refractivity contribution >= 4 is 16.7 Å². The van der Waals surface area contributed by atoms with E-state index in [1.165, 1.54) is 23.1 Å². The van der Waals surface area contributed by atoms with Gasteiger partial charge in [0, 0.05) is 25.0 Å². The lowest BCUT2D eigenvalue weighted by atomic mass is 10.1. The Bertz CT molecular complexity index is 1080. The van der Waals surface area contributed by atoms with Crippen LogP contribution in [0.25, 0.3) is 10.8 Å². The number of likely N-dealkylation sites (tertiary alicyclic amines) is 1. The standard InChI is InChI=1S/C23H26N4O2/c1-2-27-23(29)20-12-6-5-11-19(20)21(25-27)22(28)24-15-17-9-3-4-10-18(17)16-26-13-7-8-14-26/h3-6,9-12H,2,7-8,13-16H2,1H3,(H,24,28). The van der Waals surface area contributed by atoms with Gasteiger partial charge in [0.2, 0.25) is 0 Å². The Morgan fingerprint density at radius 2 is 1.66 bits per heavy atom. The number of nitrogens with one attached hydrogen (secondary N) is 1. The van der Waals surface area contributed by atoms with Crippen LogP contribution >= 0.6 is 0 Å². The van der Waals surface area contributed by atoms with Crippen molar-refractivity contribution < 1.29 is 4.79 Å². The monoisotopic (exact) mass is 390 g/mol. The topological polar surface area (TPSA) is 67.2 Å². The number of hydrogen-bond acceptors (Lipinski definition) is 4. The fourth-order valence-electron chi connectivity index (χ4n) is 3.94. The largest absolute Gasteiger partial charge is 0.347 e. The Morgan fingerprint density at radius 1 is 1.00 bits per heavy atom. The quantitative estimate of drug-likeness (QED) is 0.703. The van der Waals surface area contributed by atoms with Crippen LogP contribution in [0.4, 0.5) is 0 Å². The zero-order valence-electron chi connectivity index (χ0n) is 16.7. The van der Waals surface area contributed by atoms with E-state index in [1.807, 2.05) is 25.1 Å². The molecule has 150 valence electrons. The molecule has 1 aromatic heterocycles. The van der Waals surface area contributed by atoms with Crippen LogP contribution in [0.1, 0.15) is 41.4 Å². The number of carbonyl (C=O) groups is 1.